The lowest BCUT2D eigenvalue weighted by molar-refractivity contribution is -0.387. The minimum atomic E-state index is -1.92. The first-order valence-corrected chi connectivity index (χ1v) is 10.3. The molecule has 1 aromatic carbocycles. The molecule has 0 aromatic heterocycles. The molecule has 168 valence electrons. The summed E-state index contributed by atoms with van der Waals surface area (Å²) in [6, 6.07) is 2.94. The second kappa shape index (κ2) is 11.6. The number of nitro benzene ring substituents is 1. The monoisotopic (exact) mass is 425 g/mol. The molecule has 7 nitrogen and oxygen atoms in total. The average Bonchev–Trinajstić information content (AvgIpc) is 2.66. The zero-order valence-corrected chi connectivity index (χ0v) is 18.4. The van der Waals surface area contributed by atoms with Crippen molar-refractivity contribution >= 4 is 17.6 Å². The highest BCUT2D eigenvalue weighted by Gasteiger charge is 2.47. The molecular weight excluding hydrogens is 393 g/mol. The molecule has 0 saturated carbocycles. The number of nitrogens with zero attached hydrogens (tertiary/aromatic N) is 1. The van der Waals surface area contributed by atoms with Crippen molar-refractivity contribution in [3.05, 3.63) is 39.7 Å². The number of ether oxygens (including phenoxy) is 2. The molecular formula is C22H32FNO6. The van der Waals surface area contributed by atoms with Gasteiger partial charge in [0, 0.05) is 6.07 Å². The molecule has 0 N–H and O–H groups in total. The van der Waals surface area contributed by atoms with E-state index in [-0.39, 0.29) is 18.8 Å². The van der Waals surface area contributed by atoms with E-state index in [4.69, 9.17) is 9.47 Å². The van der Waals surface area contributed by atoms with Crippen molar-refractivity contribution in [2.24, 2.45) is 11.8 Å². The van der Waals surface area contributed by atoms with Crippen LogP contribution in [0.1, 0.15) is 65.9 Å². The minimum Gasteiger partial charge on any atom is -0.465 e. The van der Waals surface area contributed by atoms with Gasteiger partial charge in [-0.15, -0.1) is 0 Å². The van der Waals surface area contributed by atoms with Gasteiger partial charge >= 0.3 is 17.6 Å². The van der Waals surface area contributed by atoms with E-state index < -0.39 is 33.8 Å². The highest BCUT2D eigenvalue weighted by molar-refractivity contribution is 6.05. The van der Waals surface area contributed by atoms with Gasteiger partial charge in [0.15, 0.2) is 5.41 Å². The van der Waals surface area contributed by atoms with Crippen LogP contribution in [0.4, 0.5) is 10.1 Å². The van der Waals surface area contributed by atoms with Crippen LogP contribution >= 0.6 is 0 Å². The number of esters is 2. The van der Waals surface area contributed by atoms with E-state index in [1.165, 1.54) is 13.0 Å². The van der Waals surface area contributed by atoms with E-state index in [1.54, 1.807) is 0 Å². The highest BCUT2D eigenvalue weighted by atomic mass is 19.1. The van der Waals surface area contributed by atoms with E-state index in [0.29, 0.717) is 24.7 Å². The van der Waals surface area contributed by atoms with Crippen molar-refractivity contribution in [3.8, 4) is 0 Å². The van der Waals surface area contributed by atoms with Crippen molar-refractivity contribution < 1.29 is 28.4 Å². The van der Waals surface area contributed by atoms with E-state index >= 15 is 0 Å². The summed E-state index contributed by atoms with van der Waals surface area (Å²) in [5.74, 6) is -2.00. The van der Waals surface area contributed by atoms with Gasteiger partial charge in [-0.2, -0.15) is 4.39 Å². The van der Waals surface area contributed by atoms with Crippen LogP contribution in [0.15, 0.2) is 18.2 Å². The maximum Gasteiger partial charge on any atom is 0.327 e. The molecule has 8 heteroatoms. The predicted octanol–water partition coefficient (Wildman–Crippen LogP) is 4.95. The molecule has 0 amide bonds. The normalized spacial score (nSPS) is 11.6. The number of nitro groups is 1. The van der Waals surface area contributed by atoms with Gasteiger partial charge in [0.25, 0.3) is 0 Å². The largest absolute Gasteiger partial charge is 0.465 e. The van der Waals surface area contributed by atoms with Crippen molar-refractivity contribution in [1.29, 1.82) is 0 Å². The van der Waals surface area contributed by atoms with Gasteiger partial charge in [-0.25, -0.2) is 0 Å². The van der Waals surface area contributed by atoms with Crippen LogP contribution in [-0.4, -0.2) is 30.1 Å². The fourth-order valence-corrected chi connectivity index (χ4v) is 2.89. The zero-order chi connectivity index (χ0) is 22.9. The summed E-state index contributed by atoms with van der Waals surface area (Å²) in [6.07, 6.45) is 2.93. The second-order valence-electron chi connectivity index (χ2n) is 8.39. The molecule has 0 aliphatic carbocycles. The Hall–Kier alpha value is -2.51. The lowest BCUT2D eigenvalue weighted by Crippen LogP contribution is -2.44. The summed E-state index contributed by atoms with van der Waals surface area (Å²) in [6.45, 7) is 9.69. The number of carbonyl (C=O) groups excluding carboxylic acids is 2. The maximum absolute atomic E-state index is 14.2. The minimum absolute atomic E-state index is 0.0479. The molecule has 1 aromatic rings. The van der Waals surface area contributed by atoms with Gasteiger partial charge in [0.05, 0.1) is 18.1 Å². The third-order valence-corrected chi connectivity index (χ3v) is 4.86. The van der Waals surface area contributed by atoms with Gasteiger partial charge in [-0.05, 0) is 56.1 Å². The summed E-state index contributed by atoms with van der Waals surface area (Å²) < 4.78 is 24.8. The molecule has 0 spiro atoms. The highest BCUT2D eigenvalue weighted by Crippen LogP contribution is 2.31. The maximum atomic E-state index is 14.2. The zero-order valence-electron chi connectivity index (χ0n) is 18.4. The Bertz CT molecular complexity index is 719. The van der Waals surface area contributed by atoms with E-state index in [1.807, 2.05) is 27.7 Å². The SMILES string of the molecule is CC(C)CCCOC(=O)C(C)(C(=O)OCCCC(C)C)c1ccc([N+](=O)[O-])c(F)c1. The summed E-state index contributed by atoms with van der Waals surface area (Å²) in [5, 5.41) is 10.9. The number of carbonyl (C=O) groups is 2. The summed E-state index contributed by atoms with van der Waals surface area (Å²) in [4.78, 5) is 35.7. The van der Waals surface area contributed by atoms with Gasteiger partial charge in [0.2, 0.25) is 5.82 Å². The first-order valence-electron chi connectivity index (χ1n) is 10.3. The Morgan fingerprint density at radius 1 is 1.03 bits per heavy atom. The fourth-order valence-electron chi connectivity index (χ4n) is 2.89. The van der Waals surface area contributed by atoms with Crippen LogP contribution in [0.25, 0.3) is 0 Å². The molecule has 0 bridgehead atoms. The van der Waals surface area contributed by atoms with Gasteiger partial charge in [0.1, 0.15) is 0 Å². The number of benzene rings is 1. The number of rotatable bonds is 12. The molecule has 0 saturated heterocycles. The predicted molar refractivity (Wildman–Crippen MR) is 110 cm³/mol. The molecule has 0 atom stereocenters. The van der Waals surface area contributed by atoms with Crippen molar-refractivity contribution in [3.63, 3.8) is 0 Å². The number of halogens is 1. The van der Waals surface area contributed by atoms with Crippen molar-refractivity contribution in [1.82, 2.24) is 0 Å². The lowest BCUT2D eigenvalue weighted by Gasteiger charge is -2.26. The molecule has 0 heterocycles. The van der Waals surface area contributed by atoms with Gasteiger partial charge in [-0.1, -0.05) is 33.8 Å². The van der Waals surface area contributed by atoms with Crippen LogP contribution < -0.4 is 0 Å². The Balaban J connectivity index is 3.08. The second-order valence-corrected chi connectivity index (χ2v) is 8.39. The third-order valence-electron chi connectivity index (χ3n) is 4.86. The van der Waals surface area contributed by atoms with Crippen molar-refractivity contribution in [2.75, 3.05) is 13.2 Å². The molecule has 0 unspecified atom stereocenters. The van der Waals surface area contributed by atoms with Gasteiger partial charge in [-0.3, -0.25) is 19.7 Å². The third kappa shape index (κ3) is 7.07. The Morgan fingerprint density at radius 3 is 1.87 bits per heavy atom. The Kier molecular flexibility index (Phi) is 9.89. The quantitative estimate of drug-likeness (QED) is 0.155. The summed E-state index contributed by atoms with van der Waals surface area (Å²) in [7, 11) is 0. The van der Waals surface area contributed by atoms with Crippen LogP contribution in [0.3, 0.4) is 0 Å². The first-order chi connectivity index (χ1) is 14.0. The smallest absolute Gasteiger partial charge is 0.327 e. The average molecular weight is 425 g/mol. The molecule has 0 aliphatic heterocycles. The lowest BCUT2D eigenvalue weighted by atomic mass is 9.82. The van der Waals surface area contributed by atoms with E-state index in [0.717, 1.165) is 25.0 Å². The molecule has 0 radical (unpaired) electrons. The standard InChI is InChI=1S/C22H32FNO6/c1-15(2)8-6-12-29-20(25)22(5,21(26)30-13-7-9-16(3)4)17-10-11-19(24(27)28)18(23)14-17/h10-11,14-16H,6-9,12-13H2,1-5H3. The first kappa shape index (κ1) is 25.5. The van der Waals surface area contributed by atoms with Crippen LogP contribution in [0.2, 0.25) is 0 Å². The molecule has 30 heavy (non-hydrogen) atoms. The van der Waals surface area contributed by atoms with E-state index in [2.05, 4.69) is 0 Å². The molecule has 0 aliphatic rings. The van der Waals surface area contributed by atoms with Crippen LogP contribution in [0.5, 0.6) is 0 Å². The van der Waals surface area contributed by atoms with E-state index in [9.17, 15) is 24.1 Å². The Morgan fingerprint density at radius 2 is 1.50 bits per heavy atom. The summed E-state index contributed by atoms with van der Waals surface area (Å²) in [5.41, 5.74) is -2.71. The van der Waals surface area contributed by atoms with Crippen LogP contribution in [0, 0.1) is 27.8 Å². The van der Waals surface area contributed by atoms with Crippen molar-refractivity contribution in [2.45, 2.75) is 65.7 Å². The number of hydrogen-bond acceptors (Lipinski definition) is 6. The van der Waals surface area contributed by atoms with Crippen LogP contribution in [-0.2, 0) is 24.5 Å². The molecule has 0 fully saturated rings. The van der Waals surface area contributed by atoms with Gasteiger partial charge < -0.3 is 9.47 Å². The molecule has 1 rings (SSSR count). The Labute approximate surface area is 177 Å². The summed E-state index contributed by atoms with van der Waals surface area (Å²) >= 11 is 0. The fraction of sp³-hybridized carbons (Fsp3) is 0.636. The topological polar surface area (TPSA) is 95.7 Å². The number of hydrogen-bond donors (Lipinski definition) is 0.